The summed E-state index contributed by atoms with van der Waals surface area (Å²) in [5.74, 6) is 0. The first kappa shape index (κ1) is 20.1. The van der Waals surface area contributed by atoms with Crippen molar-refractivity contribution in [2.24, 2.45) is 5.73 Å². The average Bonchev–Trinajstić information content (AvgIpc) is 2.69. The number of likely N-dealkylation sites (tertiary alicyclic amines) is 1. The van der Waals surface area contributed by atoms with E-state index in [0.29, 0.717) is 0 Å². The van der Waals surface area contributed by atoms with E-state index in [2.05, 4.69) is 78.3 Å². The topological polar surface area (TPSA) is 29.3 Å². The molecule has 0 radical (unpaired) electrons. The van der Waals surface area contributed by atoms with Gasteiger partial charge in [0.1, 0.15) is 0 Å². The maximum atomic E-state index is 4.50. The van der Waals surface area contributed by atoms with Crippen LogP contribution in [0.4, 0.5) is 0 Å². The first-order chi connectivity index (χ1) is 11.8. The number of hydrogen-bond acceptors (Lipinski definition) is 2. The third-order valence-corrected chi connectivity index (χ3v) is 4.07. The van der Waals surface area contributed by atoms with Crippen LogP contribution < -0.4 is 5.73 Å². The summed E-state index contributed by atoms with van der Waals surface area (Å²) in [5.41, 5.74) is 10.2. The summed E-state index contributed by atoms with van der Waals surface area (Å²) >= 11 is 0. The largest absolute Gasteiger partial charge is 0.333 e. The van der Waals surface area contributed by atoms with Crippen LogP contribution in [-0.2, 0) is 0 Å². The molecule has 2 nitrogen and oxygen atoms in total. The lowest BCUT2D eigenvalue weighted by Crippen LogP contribution is -2.26. The molecule has 2 aromatic rings. The molecule has 0 atom stereocenters. The van der Waals surface area contributed by atoms with Crippen molar-refractivity contribution in [2.75, 3.05) is 27.2 Å². The monoisotopic (exact) mass is 324 g/mol. The summed E-state index contributed by atoms with van der Waals surface area (Å²) < 4.78 is 0. The fraction of sp³-hybridized carbons (Fsp3) is 0.364. The average molecular weight is 325 g/mol. The molecule has 1 saturated heterocycles. The number of nitrogens with two attached hydrogens (primary N) is 1. The van der Waals surface area contributed by atoms with Crippen LogP contribution in [-0.4, -0.2) is 32.1 Å². The Morgan fingerprint density at radius 3 is 1.50 bits per heavy atom. The van der Waals surface area contributed by atoms with E-state index in [-0.39, 0.29) is 0 Å². The fourth-order valence-electron chi connectivity index (χ4n) is 2.92. The Kier molecular flexibility index (Phi) is 9.74. The quantitative estimate of drug-likeness (QED) is 0.858. The highest BCUT2D eigenvalue weighted by Gasteiger charge is 2.16. The van der Waals surface area contributed by atoms with E-state index in [4.69, 9.17) is 0 Å². The molecule has 1 heterocycles. The van der Waals surface area contributed by atoms with Crippen LogP contribution in [0.2, 0.25) is 0 Å². The van der Waals surface area contributed by atoms with Crippen molar-refractivity contribution in [1.82, 2.24) is 4.90 Å². The van der Waals surface area contributed by atoms with Gasteiger partial charge in [0.05, 0.1) is 0 Å². The second-order valence-electron chi connectivity index (χ2n) is 5.51. The van der Waals surface area contributed by atoms with Crippen LogP contribution >= 0.6 is 0 Å². The summed E-state index contributed by atoms with van der Waals surface area (Å²) in [7, 11) is 3.71. The van der Waals surface area contributed by atoms with E-state index in [1.54, 1.807) is 5.57 Å². The maximum absolute atomic E-state index is 4.50. The van der Waals surface area contributed by atoms with E-state index in [0.717, 1.165) is 0 Å². The smallest absolute Gasteiger partial charge is 0.00160 e. The Morgan fingerprint density at radius 1 is 0.750 bits per heavy atom. The zero-order valence-electron chi connectivity index (χ0n) is 15.6. The molecule has 2 aromatic carbocycles. The van der Waals surface area contributed by atoms with Gasteiger partial charge in [-0.25, -0.2) is 0 Å². The number of piperidine rings is 1. The molecule has 0 saturated carbocycles. The van der Waals surface area contributed by atoms with Crippen molar-refractivity contribution in [3.05, 3.63) is 77.4 Å². The van der Waals surface area contributed by atoms with Crippen molar-refractivity contribution in [2.45, 2.75) is 26.7 Å². The van der Waals surface area contributed by atoms with Gasteiger partial charge in [0.15, 0.2) is 0 Å². The van der Waals surface area contributed by atoms with Crippen LogP contribution in [0.3, 0.4) is 0 Å². The van der Waals surface area contributed by atoms with Crippen molar-refractivity contribution < 1.29 is 0 Å². The Morgan fingerprint density at radius 2 is 1.12 bits per heavy atom. The number of rotatable bonds is 2. The molecule has 0 aromatic heterocycles. The third-order valence-electron chi connectivity index (χ3n) is 4.07. The van der Waals surface area contributed by atoms with Crippen molar-refractivity contribution >= 4 is 5.57 Å². The molecule has 24 heavy (non-hydrogen) atoms. The van der Waals surface area contributed by atoms with Gasteiger partial charge in [-0.15, -0.1) is 0 Å². The van der Waals surface area contributed by atoms with E-state index >= 15 is 0 Å². The van der Waals surface area contributed by atoms with Gasteiger partial charge in [-0.05, 0) is 43.6 Å². The van der Waals surface area contributed by atoms with Gasteiger partial charge in [-0.1, -0.05) is 80.1 Å². The van der Waals surface area contributed by atoms with Crippen LogP contribution in [0.15, 0.2) is 66.2 Å². The Labute approximate surface area is 148 Å². The predicted octanol–water partition coefficient (Wildman–Crippen LogP) is 4.82. The summed E-state index contributed by atoms with van der Waals surface area (Å²) in [6.07, 6.45) is 2.35. The van der Waals surface area contributed by atoms with Crippen LogP contribution in [0.1, 0.15) is 37.8 Å². The SMILES string of the molecule is CC.CN.CN1CCC(=C(c2ccccc2)c2ccccc2)CC1. The molecule has 1 aliphatic heterocycles. The highest BCUT2D eigenvalue weighted by Crippen LogP contribution is 2.31. The highest BCUT2D eigenvalue weighted by atomic mass is 15.1. The zero-order valence-corrected chi connectivity index (χ0v) is 15.6. The third kappa shape index (κ3) is 5.63. The van der Waals surface area contributed by atoms with Gasteiger partial charge in [-0.3, -0.25) is 0 Å². The van der Waals surface area contributed by atoms with Gasteiger partial charge in [0, 0.05) is 13.1 Å². The maximum Gasteiger partial charge on any atom is 0.00160 e. The summed E-state index contributed by atoms with van der Waals surface area (Å²) in [6, 6.07) is 21.6. The molecule has 0 unspecified atom stereocenters. The minimum absolute atomic E-state index is 1.17. The standard InChI is InChI=1S/C19H21N.C2H6.CH5N/c1-20-14-12-18(13-15-20)19(16-8-4-2-5-9-16)17-10-6-3-7-11-17;2*1-2/h2-11H,12-15H2,1H3;1-2H3;2H2,1H3. The fourth-order valence-corrected chi connectivity index (χ4v) is 2.92. The molecule has 1 aliphatic rings. The molecule has 1 fully saturated rings. The van der Waals surface area contributed by atoms with E-state index < -0.39 is 0 Å². The molecular weight excluding hydrogens is 292 g/mol. The highest BCUT2D eigenvalue weighted by molar-refractivity contribution is 5.82. The van der Waals surface area contributed by atoms with E-state index in [9.17, 15) is 0 Å². The molecule has 3 rings (SSSR count). The number of benzene rings is 2. The van der Waals surface area contributed by atoms with E-state index in [1.165, 1.54) is 49.7 Å². The lowest BCUT2D eigenvalue weighted by Gasteiger charge is -2.27. The molecule has 130 valence electrons. The minimum atomic E-state index is 1.17. The normalized spacial score (nSPS) is 14.0. The number of nitrogens with zero attached hydrogens (tertiary/aromatic N) is 1. The van der Waals surface area contributed by atoms with Gasteiger partial charge in [0.25, 0.3) is 0 Å². The molecule has 0 spiro atoms. The molecular formula is C22H32N2. The Hall–Kier alpha value is -1.90. The van der Waals surface area contributed by atoms with Crippen LogP contribution in [0, 0.1) is 0 Å². The minimum Gasteiger partial charge on any atom is -0.333 e. The number of hydrogen-bond donors (Lipinski definition) is 1. The van der Waals surface area contributed by atoms with E-state index in [1.807, 2.05) is 13.8 Å². The van der Waals surface area contributed by atoms with Crippen molar-refractivity contribution in [3.63, 3.8) is 0 Å². The van der Waals surface area contributed by atoms with Crippen molar-refractivity contribution in [1.29, 1.82) is 0 Å². The summed E-state index contributed by atoms with van der Waals surface area (Å²) in [5, 5.41) is 0. The second-order valence-corrected chi connectivity index (χ2v) is 5.51. The summed E-state index contributed by atoms with van der Waals surface area (Å²) in [6.45, 7) is 6.33. The Bertz CT molecular complexity index is 536. The lowest BCUT2D eigenvalue weighted by molar-refractivity contribution is 0.313. The summed E-state index contributed by atoms with van der Waals surface area (Å²) in [4.78, 5) is 2.41. The Balaban J connectivity index is 0.000000671. The lowest BCUT2D eigenvalue weighted by atomic mass is 9.88. The molecule has 2 N–H and O–H groups in total. The first-order valence-corrected chi connectivity index (χ1v) is 8.94. The molecule has 2 heteroatoms. The second kappa shape index (κ2) is 11.6. The molecule has 0 amide bonds. The van der Waals surface area contributed by atoms with Gasteiger partial charge >= 0.3 is 0 Å². The van der Waals surface area contributed by atoms with Crippen molar-refractivity contribution in [3.8, 4) is 0 Å². The van der Waals surface area contributed by atoms with Crippen LogP contribution in [0.25, 0.3) is 5.57 Å². The first-order valence-electron chi connectivity index (χ1n) is 8.94. The molecule has 0 aliphatic carbocycles. The molecule has 0 bridgehead atoms. The zero-order chi connectivity index (χ0) is 17.8. The predicted molar refractivity (Wildman–Crippen MR) is 107 cm³/mol. The van der Waals surface area contributed by atoms with Crippen LogP contribution in [0.5, 0.6) is 0 Å². The van der Waals surface area contributed by atoms with Gasteiger partial charge in [-0.2, -0.15) is 0 Å². The van der Waals surface area contributed by atoms with Gasteiger partial charge in [0.2, 0.25) is 0 Å². The van der Waals surface area contributed by atoms with Gasteiger partial charge < -0.3 is 10.6 Å².